The molecule has 0 heterocycles. The molecule has 0 aromatic heterocycles. The van der Waals surface area contributed by atoms with Crippen LogP contribution in [0.3, 0.4) is 0 Å². The van der Waals surface area contributed by atoms with E-state index in [0.29, 0.717) is 16.3 Å². The highest BCUT2D eigenvalue weighted by Crippen LogP contribution is 2.16. The van der Waals surface area contributed by atoms with Crippen molar-refractivity contribution < 1.29 is 14.7 Å². The van der Waals surface area contributed by atoms with E-state index in [2.05, 4.69) is 5.32 Å². The smallest absolute Gasteiger partial charge is 0.290 e. The zero-order chi connectivity index (χ0) is 16.8. The monoisotopic (exact) mass is 329 g/mol. The Kier molecular flexibility index (Phi) is 5.55. The number of aryl methyl sites for hydroxylation is 1. The molecular formula is C18H16ClNO3. The molecule has 1 amide bonds. The zero-order valence-corrected chi connectivity index (χ0v) is 13.3. The number of allylic oxidation sites excluding steroid dienone is 1. The SMILES string of the molecule is CCc1ccccc1NC(=O)/C(O)=C/C(=O)c1ccc(Cl)cc1. The van der Waals surface area contributed by atoms with Crippen molar-refractivity contribution in [3.05, 3.63) is 76.5 Å². The van der Waals surface area contributed by atoms with Crippen LogP contribution in [0.5, 0.6) is 0 Å². The Morgan fingerprint density at radius 2 is 1.78 bits per heavy atom. The van der Waals surface area contributed by atoms with Crippen LogP contribution < -0.4 is 5.32 Å². The number of carbonyl (C=O) groups excluding carboxylic acids is 2. The number of anilines is 1. The zero-order valence-electron chi connectivity index (χ0n) is 12.5. The van der Waals surface area contributed by atoms with Gasteiger partial charge in [0.2, 0.25) is 0 Å². The molecular weight excluding hydrogens is 314 g/mol. The van der Waals surface area contributed by atoms with Gasteiger partial charge in [-0.3, -0.25) is 9.59 Å². The van der Waals surface area contributed by atoms with E-state index in [1.165, 1.54) is 12.1 Å². The normalized spacial score (nSPS) is 11.1. The molecule has 2 aromatic carbocycles. The van der Waals surface area contributed by atoms with Crippen LogP contribution in [0, 0.1) is 0 Å². The van der Waals surface area contributed by atoms with Gasteiger partial charge in [0.05, 0.1) is 0 Å². The molecule has 0 aliphatic heterocycles. The molecule has 0 aliphatic rings. The van der Waals surface area contributed by atoms with Gasteiger partial charge in [-0.05, 0) is 42.3 Å². The van der Waals surface area contributed by atoms with Gasteiger partial charge in [0.1, 0.15) is 0 Å². The van der Waals surface area contributed by atoms with E-state index in [1.54, 1.807) is 24.3 Å². The molecule has 0 saturated heterocycles. The van der Waals surface area contributed by atoms with E-state index in [9.17, 15) is 14.7 Å². The van der Waals surface area contributed by atoms with Crippen molar-refractivity contribution in [2.24, 2.45) is 0 Å². The summed E-state index contributed by atoms with van der Waals surface area (Å²) in [6.07, 6.45) is 1.64. The van der Waals surface area contributed by atoms with Crippen LogP contribution in [0.25, 0.3) is 0 Å². The summed E-state index contributed by atoms with van der Waals surface area (Å²) >= 11 is 5.75. The molecule has 0 atom stereocenters. The minimum atomic E-state index is -0.729. The summed E-state index contributed by atoms with van der Waals surface area (Å²) in [4.78, 5) is 24.0. The van der Waals surface area contributed by atoms with E-state index >= 15 is 0 Å². The number of hydrogen-bond acceptors (Lipinski definition) is 3. The Bertz CT molecular complexity index is 751. The Labute approximate surface area is 139 Å². The van der Waals surface area contributed by atoms with Gasteiger partial charge in [0.15, 0.2) is 11.5 Å². The highest BCUT2D eigenvalue weighted by atomic mass is 35.5. The molecule has 0 bridgehead atoms. The van der Waals surface area contributed by atoms with Crippen molar-refractivity contribution in [2.45, 2.75) is 13.3 Å². The van der Waals surface area contributed by atoms with Crippen molar-refractivity contribution in [1.82, 2.24) is 0 Å². The first-order valence-electron chi connectivity index (χ1n) is 7.11. The Morgan fingerprint density at radius 1 is 1.13 bits per heavy atom. The number of rotatable bonds is 5. The van der Waals surface area contributed by atoms with Gasteiger partial charge >= 0.3 is 0 Å². The number of aliphatic hydroxyl groups is 1. The third kappa shape index (κ3) is 4.44. The number of amides is 1. The minimum Gasteiger partial charge on any atom is -0.503 e. The topological polar surface area (TPSA) is 66.4 Å². The molecule has 2 rings (SSSR count). The van der Waals surface area contributed by atoms with E-state index in [1.807, 2.05) is 19.1 Å². The number of aliphatic hydroxyl groups excluding tert-OH is 1. The van der Waals surface area contributed by atoms with E-state index in [-0.39, 0.29) is 0 Å². The molecule has 0 unspecified atom stereocenters. The largest absolute Gasteiger partial charge is 0.503 e. The summed E-state index contributed by atoms with van der Waals surface area (Å²) in [5.74, 6) is -1.85. The lowest BCUT2D eigenvalue weighted by molar-refractivity contribution is -0.115. The van der Waals surface area contributed by atoms with Crippen LogP contribution in [0.4, 0.5) is 5.69 Å². The molecule has 4 nitrogen and oxygen atoms in total. The van der Waals surface area contributed by atoms with E-state index in [0.717, 1.165) is 18.1 Å². The number of halogens is 1. The summed E-state index contributed by atoms with van der Waals surface area (Å²) in [7, 11) is 0. The number of carbonyl (C=O) groups is 2. The number of benzene rings is 2. The molecule has 0 spiro atoms. The van der Waals surface area contributed by atoms with Crippen molar-refractivity contribution in [2.75, 3.05) is 5.32 Å². The standard InChI is InChI=1S/C18H16ClNO3/c1-2-12-5-3-4-6-15(12)20-18(23)17(22)11-16(21)13-7-9-14(19)10-8-13/h3-11,22H,2H2,1H3,(H,20,23)/b17-11-. The summed E-state index contributed by atoms with van der Waals surface area (Å²) in [5.41, 5.74) is 1.89. The van der Waals surface area contributed by atoms with Crippen molar-refractivity contribution in [3.8, 4) is 0 Å². The second kappa shape index (κ2) is 7.61. The van der Waals surface area contributed by atoms with Crippen molar-refractivity contribution in [3.63, 3.8) is 0 Å². The third-order valence-corrected chi connectivity index (χ3v) is 3.53. The first kappa shape index (κ1) is 16.8. The van der Waals surface area contributed by atoms with E-state index < -0.39 is 17.4 Å². The Hall–Kier alpha value is -2.59. The van der Waals surface area contributed by atoms with Crippen LogP contribution in [0.1, 0.15) is 22.8 Å². The maximum atomic E-state index is 12.0. The van der Waals surface area contributed by atoms with Crippen molar-refractivity contribution in [1.29, 1.82) is 0 Å². The Morgan fingerprint density at radius 3 is 2.43 bits per heavy atom. The van der Waals surface area contributed by atoms with Gasteiger partial charge in [-0.15, -0.1) is 0 Å². The Balaban J connectivity index is 2.12. The van der Waals surface area contributed by atoms with Crippen LogP contribution in [-0.4, -0.2) is 16.8 Å². The average molecular weight is 330 g/mol. The van der Waals surface area contributed by atoms with E-state index in [4.69, 9.17) is 11.6 Å². The fourth-order valence-electron chi connectivity index (χ4n) is 2.02. The molecule has 2 aromatic rings. The third-order valence-electron chi connectivity index (χ3n) is 3.28. The minimum absolute atomic E-state index is 0.336. The van der Waals surface area contributed by atoms with Crippen LogP contribution in [0.2, 0.25) is 5.02 Å². The summed E-state index contributed by atoms with van der Waals surface area (Å²) in [6.45, 7) is 1.96. The lowest BCUT2D eigenvalue weighted by Crippen LogP contribution is -2.16. The second-order valence-electron chi connectivity index (χ2n) is 4.87. The van der Waals surface area contributed by atoms with Gasteiger partial charge in [-0.25, -0.2) is 0 Å². The van der Waals surface area contributed by atoms with Gasteiger partial charge < -0.3 is 10.4 Å². The molecule has 2 N–H and O–H groups in total. The predicted octanol–water partition coefficient (Wildman–Crippen LogP) is 4.17. The summed E-state index contributed by atoms with van der Waals surface area (Å²) in [6, 6.07) is 13.5. The number of ketones is 1. The fraction of sp³-hybridized carbons (Fsp3) is 0.111. The molecule has 0 radical (unpaired) electrons. The molecule has 0 fully saturated rings. The lowest BCUT2D eigenvalue weighted by Gasteiger charge is -2.09. The van der Waals surface area contributed by atoms with Crippen molar-refractivity contribution >= 4 is 29.0 Å². The van der Waals surface area contributed by atoms with Gasteiger partial charge in [-0.1, -0.05) is 36.7 Å². The first-order valence-corrected chi connectivity index (χ1v) is 7.49. The first-order chi connectivity index (χ1) is 11.0. The fourth-order valence-corrected chi connectivity index (χ4v) is 2.15. The molecule has 0 saturated carbocycles. The van der Waals surface area contributed by atoms with Gasteiger partial charge in [-0.2, -0.15) is 0 Å². The second-order valence-corrected chi connectivity index (χ2v) is 5.30. The van der Waals surface area contributed by atoms with Gasteiger partial charge in [0, 0.05) is 22.3 Å². The number of hydrogen-bond donors (Lipinski definition) is 2. The predicted molar refractivity (Wildman–Crippen MR) is 90.9 cm³/mol. The summed E-state index contributed by atoms with van der Waals surface area (Å²) in [5, 5.41) is 12.9. The maximum absolute atomic E-state index is 12.0. The number of para-hydroxylation sites is 1. The highest BCUT2D eigenvalue weighted by Gasteiger charge is 2.13. The quantitative estimate of drug-likeness (QED) is 0.491. The summed E-state index contributed by atoms with van der Waals surface area (Å²) < 4.78 is 0. The molecule has 23 heavy (non-hydrogen) atoms. The van der Waals surface area contributed by atoms with Crippen LogP contribution in [0.15, 0.2) is 60.4 Å². The average Bonchev–Trinajstić information content (AvgIpc) is 2.55. The van der Waals surface area contributed by atoms with Crippen LogP contribution >= 0.6 is 11.6 Å². The number of nitrogens with one attached hydrogen (secondary N) is 1. The molecule has 118 valence electrons. The van der Waals surface area contributed by atoms with Gasteiger partial charge in [0.25, 0.3) is 5.91 Å². The molecule has 5 heteroatoms. The lowest BCUT2D eigenvalue weighted by atomic mass is 10.1. The highest BCUT2D eigenvalue weighted by molar-refractivity contribution is 6.30. The molecule has 0 aliphatic carbocycles. The maximum Gasteiger partial charge on any atom is 0.290 e. The van der Waals surface area contributed by atoms with Crippen LogP contribution in [-0.2, 0) is 11.2 Å².